The fourth-order valence-electron chi connectivity index (χ4n) is 1.65. The van der Waals surface area contributed by atoms with Crippen LogP contribution in [-0.4, -0.2) is 26.1 Å². The van der Waals surface area contributed by atoms with Crippen LogP contribution in [0.25, 0.3) is 0 Å². The summed E-state index contributed by atoms with van der Waals surface area (Å²) in [5, 5.41) is 2.72. The summed E-state index contributed by atoms with van der Waals surface area (Å²) in [5.74, 6) is -0.930. The fourth-order valence-corrected chi connectivity index (χ4v) is 2.81. The van der Waals surface area contributed by atoms with Crippen molar-refractivity contribution in [2.24, 2.45) is 0 Å². The first kappa shape index (κ1) is 14.7. The van der Waals surface area contributed by atoms with Crippen molar-refractivity contribution in [2.45, 2.75) is 37.6 Å². The van der Waals surface area contributed by atoms with E-state index in [1.807, 2.05) is 13.8 Å². The average molecular weight is 269 g/mol. The number of carbonyl (C=O) groups excluding carboxylic acids is 1. The molecule has 1 amide bonds. The van der Waals surface area contributed by atoms with Gasteiger partial charge in [0.25, 0.3) is 0 Å². The molecule has 0 aliphatic heterocycles. The summed E-state index contributed by atoms with van der Waals surface area (Å²) in [6.07, 6.45) is 1.60. The Morgan fingerprint density at radius 2 is 1.72 bits per heavy atom. The van der Waals surface area contributed by atoms with Gasteiger partial charge in [0.1, 0.15) is 5.75 Å². The van der Waals surface area contributed by atoms with E-state index < -0.39 is 21.5 Å². The number of amides is 1. The smallest absolute Gasteiger partial charge is 0.235 e. The number of hydrogen-bond acceptors (Lipinski definition) is 3. The van der Waals surface area contributed by atoms with Gasteiger partial charge in [0.15, 0.2) is 9.84 Å². The van der Waals surface area contributed by atoms with E-state index in [1.54, 1.807) is 18.2 Å². The van der Waals surface area contributed by atoms with Crippen LogP contribution in [0, 0.1) is 0 Å². The van der Waals surface area contributed by atoms with Crippen molar-refractivity contribution >= 4 is 15.7 Å². The predicted molar refractivity (Wildman–Crippen MR) is 71.0 cm³/mol. The second-order valence-electron chi connectivity index (χ2n) is 4.15. The molecule has 0 spiro atoms. The second kappa shape index (κ2) is 6.54. The van der Waals surface area contributed by atoms with Crippen LogP contribution < -0.4 is 5.32 Å². The van der Waals surface area contributed by atoms with Crippen LogP contribution in [0.1, 0.15) is 26.7 Å². The van der Waals surface area contributed by atoms with Gasteiger partial charge in [-0.2, -0.15) is 0 Å². The summed E-state index contributed by atoms with van der Waals surface area (Å²) in [6, 6.07) is 8.07. The Bertz CT molecular complexity index is 478. The molecule has 0 saturated heterocycles. The van der Waals surface area contributed by atoms with Crippen molar-refractivity contribution in [1.29, 1.82) is 0 Å². The van der Waals surface area contributed by atoms with Crippen LogP contribution >= 0.6 is 0 Å². The van der Waals surface area contributed by atoms with E-state index in [1.165, 1.54) is 12.1 Å². The molecule has 0 fully saturated rings. The molecule has 1 rings (SSSR count). The Hall–Kier alpha value is -1.36. The molecule has 0 unspecified atom stereocenters. The van der Waals surface area contributed by atoms with Gasteiger partial charge in [-0.25, -0.2) is 8.42 Å². The lowest BCUT2D eigenvalue weighted by atomic mass is 10.2. The zero-order valence-corrected chi connectivity index (χ0v) is 11.5. The molecule has 1 aromatic carbocycles. The molecule has 18 heavy (non-hydrogen) atoms. The third kappa shape index (κ3) is 4.14. The molecule has 1 aromatic rings. The van der Waals surface area contributed by atoms with Gasteiger partial charge < -0.3 is 5.32 Å². The van der Waals surface area contributed by atoms with E-state index in [4.69, 9.17) is 0 Å². The van der Waals surface area contributed by atoms with Gasteiger partial charge in [-0.05, 0) is 25.0 Å². The van der Waals surface area contributed by atoms with Crippen molar-refractivity contribution in [1.82, 2.24) is 5.32 Å². The van der Waals surface area contributed by atoms with Gasteiger partial charge >= 0.3 is 0 Å². The summed E-state index contributed by atoms with van der Waals surface area (Å²) < 4.78 is 23.9. The lowest BCUT2D eigenvalue weighted by Gasteiger charge is -2.14. The van der Waals surface area contributed by atoms with Gasteiger partial charge in [0.05, 0.1) is 4.90 Å². The summed E-state index contributed by atoms with van der Waals surface area (Å²) in [6.45, 7) is 3.92. The Morgan fingerprint density at radius 3 is 2.22 bits per heavy atom. The van der Waals surface area contributed by atoms with Gasteiger partial charge in [-0.15, -0.1) is 0 Å². The number of benzene rings is 1. The Kier molecular flexibility index (Phi) is 5.34. The Labute approximate surface area is 108 Å². The van der Waals surface area contributed by atoms with E-state index in [9.17, 15) is 13.2 Å². The van der Waals surface area contributed by atoms with Crippen molar-refractivity contribution in [3.05, 3.63) is 30.3 Å². The first-order valence-corrected chi connectivity index (χ1v) is 7.72. The van der Waals surface area contributed by atoms with Crippen LogP contribution in [0.15, 0.2) is 35.2 Å². The third-order valence-electron chi connectivity index (χ3n) is 2.77. The maximum Gasteiger partial charge on any atom is 0.235 e. The minimum absolute atomic E-state index is 0.0449. The highest BCUT2D eigenvalue weighted by atomic mass is 32.2. The summed E-state index contributed by atoms with van der Waals surface area (Å²) in [5.41, 5.74) is 0. The summed E-state index contributed by atoms with van der Waals surface area (Å²) in [4.78, 5) is 11.9. The normalized spacial score (nSPS) is 11.5. The van der Waals surface area contributed by atoms with E-state index in [-0.39, 0.29) is 10.9 Å². The SMILES string of the molecule is CCC(CC)NC(=O)CS(=O)(=O)c1ccccc1. The molecular weight excluding hydrogens is 250 g/mol. The minimum Gasteiger partial charge on any atom is -0.353 e. The van der Waals surface area contributed by atoms with Gasteiger partial charge in [0.2, 0.25) is 5.91 Å². The van der Waals surface area contributed by atoms with Gasteiger partial charge in [-0.3, -0.25) is 4.79 Å². The largest absolute Gasteiger partial charge is 0.353 e. The number of nitrogens with one attached hydrogen (secondary N) is 1. The number of hydrogen-bond donors (Lipinski definition) is 1. The molecule has 0 aromatic heterocycles. The van der Waals surface area contributed by atoms with Crippen molar-refractivity contribution in [3.8, 4) is 0 Å². The monoisotopic (exact) mass is 269 g/mol. The predicted octanol–water partition coefficient (Wildman–Crippen LogP) is 1.77. The average Bonchev–Trinajstić information content (AvgIpc) is 2.36. The fraction of sp³-hybridized carbons (Fsp3) is 0.462. The molecule has 0 saturated carbocycles. The third-order valence-corrected chi connectivity index (χ3v) is 4.41. The summed E-state index contributed by atoms with van der Waals surface area (Å²) >= 11 is 0. The summed E-state index contributed by atoms with van der Waals surface area (Å²) in [7, 11) is -3.53. The van der Waals surface area contributed by atoms with Crippen LogP contribution in [0.5, 0.6) is 0 Å². The van der Waals surface area contributed by atoms with Crippen LogP contribution in [0.2, 0.25) is 0 Å². The minimum atomic E-state index is -3.53. The molecule has 5 heteroatoms. The van der Waals surface area contributed by atoms with Crippen molar-refractivity contribution in [3.63, 3.8) is 0 Å². The molecule has 0 heterocycles. The lowest BCUT2D eigenvalue weighted by Crippen LogP contribution is -2.37. The van der Waals surface area contributed by atoms with Crippen molar-refractivity contribution in [2.75, 3.05) is 5.75 Å². The zero-order chi connectivity index (χ0) is 13.6. The number of sulfone groups is 1. The molecule has 0 aliphatic carbocycles. The molecular formula is C13H19NO3S. The van der Waals surface area contributed by atoms with Gasteiger partial charge in [0, 0.05) is 6.04 Å². The standard InChI is InChI=1S/C13H19NO3S/c1-3-11(4-2)14-13(15)10-18(16,17)12-8-6-5-7-9-12/h5-9,11H,3-4,10H2,1-2H3,(H,14,15). The van der Waals surface area contributed by atoms with Crippen LogP contribution in [-0.2, 0) is 14.6 Å². The maximum atomic E-state index is 11.9. The Morgan fingerprint density at radius 1 is 1.17 bits per heavy atom. The molecule has 0 aliphatic rings. The van der Waals surface area contributed by atoms with Gasteiger partial charge in [-0.1, -0.05) is 32.0 Å². The van der Waals surface area contributed by atoms with Crippen molar-refractivity contribution < 1.29 is 13.2 Å². The number of carbonyl (C=O) groups is 1. The Balaban J connectivity index is 2.70. The van der Waals surface area contributed by atoms with E-state index >= 15 is 0 Å². The first-order valence-electron chi connectivity index (χ1n) is 6.06. The quantitative estimate of drug-likeness (QED) is 0.856. The molecule has 1 N–H and O–H groups in total. The second-order valence-corrected chi connectivity index (χ2v) is 6.14. The molecule has 0 bridgehead atoms. The zero-order valence-electron chi connectivity index (χ0n) is 10.7. The van der Waals surface area contributed by atoms with Crippen LogP contribution in [0.4, 0.5) is 0 Å². The molecule has 100 valence electrons. The molecule has 0 radical (unpaired) electrons. The highest BCUT2D eigenvalue weighted by Gasteiger charge is 2.20. The number of rotatable bonds is 6. The molecule has 4 nitrogen and oxygen atoms in total. The van der Waals surface area contributed by atoms with E-state index in [2.05, 4.69) is 5.32 Å². The first-order chi connectivity index (χ1) is 8.49. The van der Waals surface area contributed by atoms with Crippen LogP contribution in [0.3, 0.4) is 0 Å². The van der Waals surface area contributed by atoms with E-state index in [0.29, 0.717) is 0 Å². The maximum absolute atomic E-state index is 11.9. The topological polar surface area (TPSA) is 63.2 Å². The molecule has 0 atom stereocenters. The lowest BCUT2D eigenvalue weighted by molar-refractivity contribution is -0.119. The van der Waals surface area contributed by atoms with E-state index in [0.717, 1.165) is 12.8 Å². The highest BCUT2D eigenvalue weighted by molar-refractivity contribution is 7.92. The highest BCUT2D eigenvalue weighted by Crippen LogP contribution is 2.10.